The maximum Gasteiger partial charge on any atom is 0.336 e. The highest BCUT2D eigenvalue weighted by molar-refractivity contribution is 5.87. The Morgan fingerprint density at radius 2 is 1.44 bits per heavy atom. The summed E-state index contributed by atoms with van der Waals surface area (Å²) in [6, 6.07) is 0. The number of carboxylic acids is 2. The van der Waals surface area contributed by atoms with Crippen molar-refractivity contribution in [3.05, 3.63) is 0 Å². The number of hydrogen-bond acceptors (Lipinski definition) is 3. The Balaban J connectivity index is 2.42. The zero-order valence-electron chi connectivity index (χ0n) is 4.27. The van der Waals surface area contributed by atoms with E-state index in [1.54, 1.807) is 0 Å². The molecule has 9 heavy (non-hydrogen) atoms. The van der Waals surface area contributed by atoms with Crippen LogP contribution in [-0.2, 0) is 14.3 Å². The van der Waals surface area contributed by atoms with E-state index in [4.69, 9.17) is 10.2 Å². The minimum Gasteiger partial charge on any atom is -0.479 e. The molecule has 1 fully saturated rings. The SMILES string of the molecule is O=C(O)C1O[C@H]1C(=O)O. The summed E-state index contributed by atoms with van der Waals surface area (Å²) in [5.41, 5.74) is 0. The molecule has 2 atom stereocenters. The van der Waals surface area contributed by atoms with E-state index in [9.17, 15) is 9.59 Å². The van der Waals surface area contributed by atoms with Gasteiger partial charge < -0.3 is 14.9 Å². The van der Waals surface area contributed by atoms with Gasteiger partial charge in [-0.2, -0.15) is 0 Å². The molecule has 0 amide bonds. The first-order valence-electron chi connectivity index (χ1n) is 2.24. The predicted octanol–water partition coefficient (Wildman–Crippen LogP) is -1.08. The van der Waals surface area contributed by atoms with E-state index in [0.29, 0.717) is 0 Å². The van der Waals surface area contributed by atoms with Gasteiger partial charge in [-0.3, -0.25) is 0 Å². The molecule has 0 spiro atoms. The van der Waals surface area contributed by atoms with Gasteiger partial charge in [-0.05, 0) is 0 Å². The van der Waals surface area contributed by atoms with Crippen molar-refractivity contribution in [1.82, 2.24) is 0 Å². The van der Waals surface area contributed by atoms with Gasteiger partial charge in [-0.15, -0.1) is 0 Å². The van der Waals surface area contributed by atoms with Gasteiger partial charge in [0.2, 0.25) is 0 Å². The van der Waals surface area contributed by atoms with E-state index in [2.05, 4.69) is 4.74 Å². The fourth-order valence-electron chi connectivity index (χ4n) is 0.488. The molecule has 50 valence electrons. The zero-order valence-corrected chi connectivity index (χ0v) is 4.27. The molecule has 2 N–H and O–H groups in total. The van der Waals surface area contributed by atoms with Crippen LogP contribution in [0.1, 0.15) is 0 Å². The largest absolute Gasteiger partial charge is 0.479 e. The number of carboxylic acid groups (broad SMARTS) is 2. The Kier molecular flexibility index (Phi) is 1.14. The van der Waals surface area contributed by atoms with Crippen LogP contribution in [0, 0.1) is 0 Å². The molecule has 0 saturated carbocycles. The summed E-state index contributed by atoms with van der Waals surface area (Å²) in [7, 11) is 0. The highest BCUT2D eigenvalue weighted by Gasteiger charge is 2.50. The van der Waals surface area contributed by atoms with Crippen LogP contribution >= 0.6 is 0 Å². The van der Waals surface area contributed by atoms with E-state index in [1.807, 2.05) is 0 Å². The number of aliphatic carboxylic acids is 2. The molecule has 0 bridgehead atoms. The maximum absolute atomic E-state index is 9.89. The smallest absolute Gasteiger partial charge is 0.336 e. The fourth-order valence-corrected chi connectivity index (χ4v) is 0.488. The lowest BCUT2D eigenvalue weighted by molar-refractivity contribution is -0.140. The molecule has 1 unspecified atom stereocenters. The fraction of sp³-hybridized carbons (Fsp3) is 0.500. The summed E-state index contributed by atoms with van der Waals surface area (Å²) in [6.07, 6.45) is -2.25. The van der Waals surface area contributed by atoms with Crippen molar-refractivity contribution >= 4 is 11.9 Å². The first-order chi connectivity index (χ1) is 4.13. The summed E-state index contributed by atoms with van der Waals surface area (Å²) >= 11 is 0. The number of hydrogen-bond donors (Lipinski definition) is 2. The van der Waals surface area contributed by atoms with Crippen molar-refractivity contribution in [2.24, 2.45) is 0 Å². The lowest BCUT2D eigenvalue weighted by Gasteiger charge is -1.78. The number of epoxide rings is 1. The zero-order chi connectivity index (χ0) is 7.02. The van der Waals surface area contributed by atoms with Crippen LogP contribution in [0.2, 0.25) is 0 Å². The highest BCUT2D eigenvalue weighted by Crippen LogP contribution is 2.21. The minimum atomic E-state index is -1.22. The van der Waals surface area contributed by atoms with Gasteiger partial charge in [0, 0.05) is 0 Å². The van der Waals surface area contributed by atoms with E-state index < -0.39 is 24.1 Å². The van der Waals surface area contributed by atoms with Crippen LogP contribution in [0.3, 0.4) is 0 Å². The molecule has 1 heterocycles. The van der Waals surface area contributed by atoms with Gasteiger partial charge in [-0.25, -0.2) is 9.59 Å². The Labute approximate surface area is 49.9 Å². The normalized spacial score (nSPS) is 31.6. The van der Waals surface area contributed by atoms with Crippen LogP contribution in [0.4, 0.5) is 0 Å². The Bertz CT molecular complexity index is 144. The lowest BCUT2D eigenvalue weighted by atomic mass is 10.3. The van der Waals surface area contributed by atoms with Crippen molar-refractivity contribution in [3.63, 3.8) is 0 Å². The standard InChI is InChI=1S/C4H4O5/c5-3(6)1-2(9-1)4(7)8/h1-2H,(H,5,6)(H,7,8)/t1-,2?/m1/s1. The van der Waals surface area contributed by atoms with Crippen molar-refractivity contribution in [2.45, 2.75) is 12.2 Å². The third-order valence-electron chi connectivity index (χ3n) is 0.978. The lowest BCUT2D eigenvalue weighted by Crippen LogP contribution is -2.14. The molecule has 1 rings (SSSR count). The molecular weight excluding hydrogens is 128 g/mol. The van der Waals surface area contributed by atoms with Crippen LogP contribution in [0.15, 0.2) is 0 Å². The summed E-state index contributed by atoms with van der Waals surface area (Å²) in [6.45, 7) is 0. The Morgan fingerprint density at radius 1 is 1.11 bits per heavy atom. The predicted molar refractivity (Wildman–Crippen MR) is 23.9 cm³/mol. The second kappa shape index (κ2) is 1.70. The van der Waals surface area contributed by atoms with Crippen LogP contribution in [0.5, 0.6) is 0 Å². The van der Waals surface area contributed by atoms with Crippen molar-refractivity contribution < 1.29 is 24.5 Å². The molecule has 0 aromatic heterocycles. The molecular formula is C4H4O5. The molecule has 0 radical (unpaired) electrons. The molecule has 5 nitrogen and oxygen atoms in total. The number of carbonyl (C=O) groups is 2. The van der Waals surface area contributed by atoms with Crippen LogP contribution in [0.25, 0.3) is 0 Å². The van der Waals surface area contributed by atoms with Crippen LogP contribution in [-0.4, -0.2) is 34.4 Å². The molecule has 1 aliphatic heterocycles. The van der Waals surface area contributed by atoms with Crippen molar-refractivity contribution in [2.75, 3.05) is 0 Å². The van der Waals surface area contributed by atoms with Crippen LogP contribution < -0.4 is 0 Å². The maximum atomic E-state index is 9.89. The second-order valence-electron chi connectivity index (χ2n) is 1.65. The van der Waals surface area contributed by atoms with Crippen molar-refractivity contribution in [1.29, 1.82) is 0 Å². The van der Waals surface area contributed by atoms with Gasteiger partial charge >= 0.3 is 11.9 Å². The van der Waals surface area contributed by atoms with Crippen molar-refractivity contribution in [3.8, 4) is 0 Å². The molecule has 1 aliphatic rings. The topological polar surface area (TPSA) is 87.1 Å². The van der Waals surface area contributed by atoms with E-state index in [0.717, 1.165) is 0 Å². The quantitative estimate of drug-likeness (QED) is 0.467. The number of ether oxygens (including phenoxy) is 1. The molecule has 0 aliphatic carbocycles. The third kappa shape index (κ3) is 0.996. The second-order valence-corrected chi connectivity index (χ2v) is 1.65. The van der Waals surface area contributed by atoms with E-state index in [-0.39, 0.29) is 0 Å². The average molecular weight is 132 g/mol. The average Bonchev–Trinajstić information content (AvgIpc) is 2.39. The van der Waals surface area contributed by atoms with Gasteiger partial charge in [0.25, 0.3) is 0 Å². The van der Waals surface area contributed by atoms with E-state index >= 15 is 0 Å². The number of rotatable bonds is 2. The summed E-state index contributed by atoms with van der Waals surface area (Å²) in [4.78, 5) is 19.8. The first-order valence-corrected chi connectivity index (χ1v) is 2.24. The molecule has 0 aromatic carbocycles. The third-order valence-corrected chi connectivity index (χ3v) is 0.978. The Hall–Kier alpha value is -1.10. The van der Waals surface area contributed by atoms with Gasteiger partial charge in [0.15, 0.2) is 12.2 Å². The summed E-state index contributed by atoms with van der Waals surface area (Å²) in [5.74, 6) is -2.44. The van der Waals surface area contributed by atoms with E-state index in [1.165, 1.54) is 0 Å². The first kappa shape index (κ1) is 6.03. The molecule has 0 aromatic rings. The van der Waals surface area contributed by atoms with Gasteiger partial charge in [-0.1, -0.05) is 0 Å². The van der Waals surface area contributed by atoms with Gasteiger partial charge in [0.05, 0.1) is 0 Å². The minimum absolute atomic E-state index is 1.12. The summed E-state index contributed by atoms with van der Waals surface area (Å²) in [5, 5.41) is 16.2. The van der Waals surface area contributed by atoms with Gasteiger partial charge in [0.1, 0.15) is 0 Å². The molecule has 1 saturated heterocycles. The molecule has 5 heteroatoms. The Morgan fingerprint density at radius 3 is 1.56 bits per heavy atom. The monoisotopic (exact) mass is 132 g/mol. The summed E-state index contributed by atoms with van der Waals surface area (Å²) < 4.78 is 4.24. The highest BCUT2D eigenvalue weighted by atomic mass is 16.6.